The molecule has 0 spiro atoms. The number of halogens is 2. The first-order chi connectivity index (χ1) is 16.5. The number of hydrogen-bond acceptors (Lipinski definition) is 7. The lowest BCUT2D eigenvalue weighted by Crippen LogP contribution is -2.40. The van der Waals surface area contributed by atoms with Gasteiger partial charge in [-0.25, -0.2) is 0 Å². The molecule has 1 fully saturated rings. The zero-order valence-corrected chi connectivity index (χ0v) is 21.3. The quantitative estimate of drug-likeness (QED) is 0.331. The SMILES string of the molecule is Cc1nnc(-c2cc3c(OC[C@@H](O)CN4CCC(c5ccc(C)c(Cl)c5)CC4)cccc3o2)o1.Cl. The number of benzene rings is 2. The number of aliphatic hydroxyl groups is 1. The number of rotatable bonds is 7. The number of nitrogens with zero attached hydrogens (tertiary/aromatic N) is 3. The summed E-state index contributed by atoms with van der Waals surface area (Å²) in [6, 6.07) is 13.8. The molecular weight excluding hydrogens is 489 g/mol. The van der Waals surface area contributed by atoms with E-state index in [0.29, 0.717) is 41.3 Å². The second-order valence-corrected chi connectivity index (χ2v) is 9.36. The molecule has 1 aliphatic rings. The maximum atomic E-state index is 10.6. The van der Waals surface area contributed by atoms with Gasteiger partial charge in [0.1, 0.15) is 24.0 Å². The highest BCUT2D eigenvalue weighted by atomic mass is 35.5. The van der Waals surface area contributed by atoms with E-state index in [1.807, 2.05) is 31.2 Å². The molecule has 35 heavy (non-hydrogen) atoms. The first-order valence-electron chi connectivity index (χ1n) is 11.6. The van der Waals surface area contributed by atoms with E-state index in [2.05, 4.69) is 33.3 Å². The van der Waals surface area contributed by atoms with E-state index in [0.717, 1.165) is 41.9 Å². The summed E-state index contributed by atoms with van der Waals surface area (Å²) in [5, 5.41) is 20.1. The monoisotopic (exact) mass is 517 g/mol. The molecule has 0 saturated carbocycles. The van der Waals surface area contributed by atoms with Crippen molar-refractivity contribution in [3.8, 4) is 17.4 Å². The summed E-state index contributed by atoms with van der Waals surface area (Å²) in [4.78, 5) is 2.30. The van der Waals surface area contributed by atoms with Gasteiger partial charge < -0.3 is 23.6 Å². The third-order valence-electron chi connectivity index (χ3n) is 6.41. The highest BCUT2D eigenvalue weighted by Crippen LogP contribution is 2.33. The number of hydrogen-bond donors (Lipinski definition) is 1. The minimum atomic E-state index is -0.592. The second-order valence-electron chi connectivity index (χ2n) is 8.95. The first-order valence-corrected chi connectivity index (χ1v) is 12.0. The Labute approximate surface area is 215 Å². The van der Waals surface area contributed by atoms with Crippen LogP contribution in [0, 0.1) is 13.8 Å². The highest BCUT2D eigenvalue weighted by molar-refractivity contribution is 6.31. The Morgan fingerprint density at radius 3 is 2.63 bits per heavy atom. The molecule has 1 atom stereocenters. The summed E-state index contributed by atoms with van der Waals surface area (Å²) in [6.45, 7) is 6.42. The van der Waals surface area contributed by atoms with Gasteiger partial charge in [-0.1, -0.05) is 29.8 Å². The fourth-order valence-corrected chi connectivity index (χ4v) is 4.70. The Morgan fingerprint density at radius 1 is 1.11 bits per heavy atom. The van der Waals surface area contributed by atoms with Crippen LogP contribution in [0.5, 0.6) is 5.75 Å². The fraction of sp³-hybridized carbons (Fsp3) is 0.385. The summed E-state index contributed by atoms with van der Waals surface area (Å²) in [5.74, 6) is 2.46. The molecule has 4 aromatic rings. The lowest BCUT2D eigenvalue weighted by atomic mass is 9.89. The standard InChI is InChI=1S/C26H28ClN3O4.ClH/c1-16-6-7-19(12-22(16)27)18-8-10-30(11-9-18)14-20(31)15-32-23-4-3-5-24-21(23)13-25(34-24)26-29-28-17(2)33-26;/h3-7,12-13,18,20,31H,8-11,14-15H2,1-2H3;1H/t20-;/m0./s1. The molecule has 2 aromatic carbocycles. The molecule has 7 nitrogen and oxygen atoms in total. The van der Waals surface area contributed by atoms with Crippen molar-refractivity contribution in [2.45, 2.75) is 38.7 Å². The van der Waals surface area contributed by atoms with Crippen LogP contribution in [0.1, 0.15) is 35.8 Å². The van der Waals surface area contributed by atoms with Gasteiger partial charge in [-0.15, -0.1) is 22.6 Å². The van der Waals surface area contributed by atoms with Crippen molar-refractivity contribution in [1.29, 1.82) is 0 Å². The van der Waals surface area contributed by atoms with Crippen LogP contribution in [0.4, 0.5) is 0 Å². The van der Waals surface area contributed by atoms with Crippen molar-refractivity contribution in [1.82, 2.24) is 15.1 Å². The normalized spacial score (nSPS) is 15.8. The molecule has 0 aliphatic carbocycles. The van der Waals surface area contributed by atoms with E-state index in [-0.39, 0.29) is 19.0 Å². The zero-order chi connectivity index (χ0) is 23.7. The molecule has 2 aromatic heterocycles. The molecule has 3 heterocycles. The van der Waals surface area contributed by atoms with Crippen LogP contribution < -0.4 is 4.74 Å². The smallest absolute Gasteiger partial charge is 0.283 e. The fourth-order valence-electron chi connectivity index (χ4n) is 4.51. The largest absolute Gasteiger partial charge is 0.490 e. The summed E-state index contributed by atoms with van der Waals surface area (Å²) >= 11 is 6.31. The number of β-amino-alcohol motifs (C(OH)–C–C–N with tert-alkyl or cyclic N) is 1. The molecule has 5 rings (SSSR count). The molecule has 0 bridgehead atoms. The number of aromatic nitrogens is 2. The van der Waals surface area contributed by atoms with Crippen molar-refractivity contribution >= 4 is 35.0 Å². The molecule has 1 N–H and O–H groups in total. The van der Waals surface area contributed by atoms with Gasteiger partial charge in [-0.05, 0) is 68.1 Å². The number of likely N-dealkylation sites (tertiary alicyclic amines) is 1. The minimum absolute atomic E-state index is 0. The number of fused-ring (bicyclic) bond motifs is 1. The van der Waals surface area contributed by atoms with Gasteiger partial charge in [0.2, 0.25) is 5.89 Å². The third kappa shape index (κ3) is 5.81. The minimum Gasteiger partial charge on any atom is -0.490 e. The molecule has 0 amide bonds. The molecular formula is C26H29Cl2N3O4. The lowest BCUT2D eigenvalue weighted by molar-refractivity contribution is 0.0599. The molecule has 0 unspecified atom stereocenters. The molecule has 9 heteroatoms. The maximum Gasteiger partial charge on any atom is 0.283 e. The Bertz CT molecular complexity index is 1280. The van der Waals surface area contributed by atoms with Gasteiger partial charge in [-0.3, -0.25) is 0 Å². The maximum absolute atomic E-state index is 10.6. The van der Waals surface area contributed by atoms with Gasteiger partial charge >= 0.3 is 0 Å². The summed E-state index contributed by atoms with van der Waals surface area (Å²) in [6.07, 6.45) is 1.52. The van der Waals surface area contributed by atoms with E-state index in [9.17, 15) is 5.11 Å². The van der Waals surface area contributed by atoms with Gasteiger partial charge in [0.25, 0.3) is 5.89 Å². The number of aryl methyl sites for hydroxylation is 2. The predicted octanol–water partition coefficient (Wildman–Crippen LogP) is 5.79. The van der Waals surface area contributed by atoms with Gasteiger partial charge in [-0.2, -0.15) is 0 Å². The Balaban J connectivity index is 0.00000289. The van der Waals surface area contributed by atoms with Crippen LogP contribution >= 0.6 is 24.0 Å². The predicted molar refractivity (Wildman–Crippen MR) is 138 cm³/mol. The van der Waals surface area contributed by atoms with Gasteiger partial charge in [0.05, 0.1) is 5.39 Å². The van der Waals surface area contributed by atoms with Crippen molar-refractivity contribution in [3.05, 3.63) is 64.5 Å². The number of furan rings is 1. The molecule has 1 aliphatic heterocycles. The Hall–Kier alpha value is -2.58. The Kier molecular flexibility index (Phi) is 8.02. The van der Waals surface area contributed by atoms with Crippen molar-refractivity contribution in [2.24, 2.45) is 0 Å². The Morgan fingerprint density at radius 2 is 1.91 bits per heavy atom. The first kappa shape index (κ1) is 25.5. The molecule has 186 valence electrons. The summed E-state index contributed by atoms with van der Waals surface area (Å²) < 4.78 is 17.3. The summed E-state index contributed by atoms with van der Waals surface area (Å²) in [5.41, 5.74) is 3.08. The van der Waals surface area contributed by atoms with E-state index in [1.165, 1.54) is 5.56 Å². The number of aliphatic hydroxyl groups excluding tert-OH is 1. The average molecular weight is 518 g/mol. The van der Waals surface area contributed by atoms with Crippen molar-refractivity contribution < 1.29 is 18.7 Å². The van der Waals surface area contributed by atoms with Crippen LogP contribution in [0.3, 0.4) is 0 Å². The second kappa shape index (κ2) is 11.0. The third-order valence-corrected chi connectivity index (χ3v) is 6.82. The lowest BCUT2D eigenvalue weighted by Gasteiger charge is -2.33. The topological polar surface area (TPSA) is 84.8 Å². The van der Waals surface area contributed by atoms with Crippen LogP contribution in [-0.2, 0) is 0 Å². The summed E-state index contributed by atoms with van der Waals surface area (Å²) in [7, 11) is 0. The number of ether oxygens (including phenoxy) is 1. The van der Waals surface area contributed by atoms with E-state index < -0.39 is 6.10 Å². The van der Waals surface area contributed by atoms with Gasteiger partial charge in [0.15, 0.2) is 5.76 Å². The van der Waals surface area contributed by atoms with Crippen molar-refractivity contribution in [3.63, 3.8) is 0 Å². The van der Waals surface area contributed by atoms with Crippen LogP contribution in [0.2, 0.25) is 5.02 Å². The molecule has 1 saturated heterocycles. The van der Waals surface area contributed by atoms with Crippen LogP contribution in [0.25, 0.3) is 22.6 Å². The van der Waals surface area contributed by atoms with E-state index in [1.54, 1.807) is 6.92 Å². The van der Waals surface area contributed by atoms with E-state index >= 15 is 0 Å². The molecule has 0 radical (unpaired) electrons. The van der Waals surface area contributed by atoms with Crippen LogP contribution in [0.15, 0.2) is 51.3 Å². The highest BCUT2D eigenvalue weighted by Gasteiger charge is 2.23. The average Bonchev–Trinajstić information content (AvgIpc) is 3.46. The van der Waals surface area contributed by atoms with Crippen LogP contribution in [-0.4, -0.2) is 52.5 Å². The zero-order valence-electron chi connectivity index (χ0n) is 19.7. The van der Waals surface area contributed by atoms with Gasteiger partial charge in [0, 0.05) is 24.6 Å². The van der Waals surface area contributed by atoms with E-state index in [4.69, 9.17) is 25.2 Å². The van der Waals surface area contributed by atoms with Crippen molar-refractivity contribution in [2.75, 3.05) is 26.2 Å². The number of piperidine rings is 1.